The molecule has 0 spiro atoms. The molecular weight excluding hydrogens is 240 g/mol. The Morgan fingerprint density at radius 1 is 1.28 bits per heavy atom. The molecular formula is C16H24OS. The van der Waals surface area contributed by atoms with Gasteiger partial charge < -0.3 is 5.11 Å². The molecule has 0 saturated heterocycles. The molecule has 1 aromatic rings. The van der Waals surface area contributed by atoms with E-state index in [9.17, 15) is 5.11 Å². The molecule has 1 heterocycles. The second-order valence-electron chi connectivity index (χ2n) is 5.25. The summed E-state index contributed by atoms with van der Waals surface area (Å²) in [7, 11) is 0. The highest BCUT2D eigenvalue weighted by atomic mass is 32.1. The molecule has 1 N–H and O–H groups in total. The molecule has 1 aliphatic rings. The number of allylic oxidation sites excluding steroid dienone is 1. The van der Waals surface area contributed by atoms with Gasteiger partial charge in [-0.25, -0.2) is 0 Å². The van der Waals surface area contributed by atoms with Crippen LogP contribution in [-0.4, -0.2) is 5.11 Å². The van der Waals surface area contributed by atoms with Crippen LogP contribution in [0.1, 0.15) is 66.4 Å². The lowest BCUT2D eigenvalue weighted by atomic mass is 9.98. The van der Waals surface area contributed by atoms with E-state index in [-0.39, 0.29) is 6.10 Å². The van der Waals surface area contributed by atoms with Crippen LogP contribution in [0.2, 0.25) is 0 Å². The van der Waals surface area contributed by atoms with Gasteiger partial charge in [0.2, 0.25) is 0 Å². The SMILES string of the molecule is C=CCCCCCC(O)c1cc2c(s1)CCCC2. The number of thiophene rings is 1. The lowest BCUT2D eigenvalue weighted by molar-refractivity contribution is 0.167. The van der Waals surface area contributed by atoms with Gasteiger partial charge in [0.05, 0.1) is 6.10 Å². The van der Waals surface area contributed by atoms with Crippen molar-refractivity contribution in [3.05, 3.63) is 34.0 Å². The van der Waals surface area contributed by atoms with Crippen LogP contribution in [0.15, 0.2) is 18.7 Å². The van der Waals surface area contributed by atoms with Crippen LogP contribution in [0, 0.1) is 0 Å². The van der Waals surface area contributed by atoms with E-state index in [0.717, 1.165) is 19.3 Å². The van der Waals surface area contributed by atoms with Crippen molar-refractivity contribution in [2.24, 2.45) is 0 Å². The average molecular weight is 264 g/mol. The molecule has 0 aromatic carbocycles. The maximum absolute atomic E-state index is 10.2. The first-order chi connectivity index (χ1) is 8.81. The second kappa shape index (κ2) is 7.10. The molecule has 1 aliphatic carbocycles. The third-order valence-electron chi connectivity index (χ3n) is 3.73. The van der Waals surface area contributed by atoms with Crippen molar-refractivity contribution < 1.29 is 5.11 Å². The van der Waals surface area contributed by atoms with Crippen LogP contribution in [-0.2, 0) is 12.8 Å². The lowest BCUT2D eigenvalue weighted by Crippen LogP contribution is -1.96. The number of fused-ring (bicyclic) bond motifs is 1. The zero-order chi connectivity index (χ0) is 12.8. The highest BCUT2D eigenvalue weighted by Gasteiger charge is 2.17. The van der Waals surface area contributed by atoms with E-state index in [1.54, 1.807) is 0 Å². The summed E-state index contributed by atoms with van der Waals surface area (Å²) in [5, 5.41) is 10.2. The van der Waals surface area contributed by atoms with Gasteiger partial charge in [0, 0.05) is 9.75 Å². The van der Waals surface area contributed by atoms with Crippen LogP contribution in [0.25, 0.3) is 0 Å². The summed E-state index contributed by atoms with van der Waals surface area (Å²) < 4.78 is 0. The molecule has 0 saturated carbocycles. The van der Waals surface area contributed by atoms with Crippen molar-refractivity contribution in [3.8, 4) is 0 Å². The van der Waals surface area contributed by atoms with Crippen LogP contribution in [0.5, 0.6) is 0 Å². The number of unbranched alkanes of at least 4 members (excludes halogenated alkanes) is 3. The van der Waals surface area contributed by atoms with Gasteiger partial charge in [0.15, 0.2) is 0 Å². The minimum atomic E-state index is -0.232. The molecule has 0 radical (unpaired) electrons. The van der Waals surface area contributed by atoms with E-state index in [1.165, 1.54) is 53.8 Å². The summed E-state index contributed by atoms with van der Waals surface area (Å²) in [5.74, 6) is 0. The van der Waals surface area contributed by atoms with Crippen molar-refractivity contribution in [2.45, 2.75) is 63.9 Å². The number of rotatable bonds is 7. The van der Waals surface area contributed by atoms with Crippen molar-refractivity contribution in [1.29, 1.82) is 0 Å². The van der Waals surface area contributed by atoms with Gasteiger partial charge in [-0.2, -0.15) is 0 Å². The molecule has 2 heteroatoms. The smallest absolute Gasteiger partial charge is 0.0882 e. The third-order valence-corrected chi connectivity index (χ3v) is 5.07. The van der Waals surface area contributed by atoms with E-state index >= 15 is 0 Å². The fraction of sp³-hybridized carbons (Fsp3) is 0.625. The summed E-state index contributed by atoms with van der Waals surface area (Å²) in [5.41, 5.74) is 1.51. The Labute approximate surface area is 115 Å². The zero-order valence-electron chi connectivity index (χ0n) is 11.2. The van der Waals surface area contributed by atoms with E-state index < -0.39 is 0 Å². The van der Waals surface area contributed by atoms with Crippen molar-refractivity contribution in [2.75, 3.05) is 0 Å². The van der Waals surface area contributed by atoms with E-state index in [4.69, 9.17) is 0 Å². The maximum atomic E-state index is 10.2. The fourth-order valence-corrected chi connectivity index (χ4v) is 3.90. The van der Waals surface area contributed by atoms with Gasteiger partial charge >= 0.3 is 0 Å². The molecule has 1 aromatic heterocycles. The van der Waals surface area contributed by atoms with Gasteiger partial charge in [-0.05, 0) is 56.6 Å². The Morgan fingerprint density at radius 2 is 2.11 bits per heavy atom. The monoisotopic (exact) mass is 264 g/mol. The summed E-state index contributed by atoms with van der Waals surface area (Å²) in [6, 6.07) is 2.26. The Hall–Kier alpha value is -0.600. The lowest BCUT2D eigenvalue weighted by Gasteiger charge is -2.08. The molecule has 18 heavy (non-hydrogen) atoms. The first kappa shape index (κ1) is 13.8. The van der Waals surface area contributed by atoms with Gasteiger partial charge in [-0.1, -0.05) is 18.9 Å². The topological polar surface area (TPSA) is 20.2 Å². The van der Waals surface area contributed by atoms with Crippen molar-refractivity contribution in [3.63, 3.8) is 0 Å². The standard InChI is InChI=1S/C16H24OS/c1-2-3-4-5-6-10-14(17)16-12-13-9-7-8-11-15(13)18-16/h2,12,14,17H,1,3-11H2. The highest BCUT2D eigenvalue weighted by Crippen LogP contribution is 2.34. The Balaban J connectivity index is 1.79. The Kier molecular flexibility index (Phi) is 5.45. The molecule has 100 valence electrons. The van der Waals surface area contributed by atoms with Crippen molar-refractivity contribution in [1.82, 2.24) is 0 Å². The predicted molar refractivity (Wildman–Crippen MR) is 79.2 cm³/mol. The van der Waals surface area contributed by atoms with Crippen LogP contribution < -0.4 is 0 Å². The first-order valence-electron chi connectivity index (χ1n) is 7.21. The van der Waals surface area contributed by atoms with Crippen molar-refractivity contribution >= 4 is 11.3 Å². The second-order valence-corrected chi connectivity index (χ2v) is 6.42. The number of aryl methyl sites for hydroxylation is 2. The maximum Gasteiger partial charge on any atom is 0.0882 e. The fourth-order valence-electron chi connectivity index (χ4n) is 2.62. The molecule has 1 nitrogen and oxygen atoms in total. The van der Waals surface area contributed by atoms with E-state index in [0.29, 0.717) is 0 Å². The largest absolute Gasteiger partial charge is 0.388 e. The van der Waals surface area contributed by atoms with Gasteiger partial charge in [0.1, 0.15) is 0 Å². The van der Waals surface area contributed by atoms with Crippen LogP contribution in [0.3, 0.4) is 0 Å². The Bertz CT molecular complexity index is 357. The van der Waals surface area contributed by atoms with Gasteiger partial charge in [-0.3, -0.25) is 0 Å². The zero-order valence-corrected chi connectivity index (χ0v) is 12.0. The summed E-state index contributed by atoms with van der Waals surface area (Å²) in [4.78, 5) is 2.73. The number of hydrogen-bond acceptors (Lipinski definition) is 2. The predicted octanol–water partition coefficient (Wildman–Crippen LogP) is 4.80. The van der Waals surface area contributed by atoms with Crippen LogP contribution >= 0.6 is 11.3 Å². The van der Waals surface area contributed by atoms with Gasteiger partial charge in [0.25, 0.3) is 0 Å². The average Bonchev–Trinajstić information content (AvgIpc) is 2.82. The number of hydrogen-bond donors (Lipinski definition) is 1. The van der Waals surface area contributed by atoms with Crippen LogP contribution in [0.4, 0.5) is 0 Å². The minimum Gasteiger partial charge on any atom is -0.388 e. The number of aliphatic hydroxyl groups is 1. The Morgan fingerprint density at radius 3 is 2.89 bits per heavy atom. The van der Waals surface area contributed by atoms with Gasteiger partial charge in [-0.15, -0.1) is 17.9 Å². The van der Waals surface area contributed by atoms with E-state index in [2.05, 4.69) is 12.6 Å². The molecule has 0 aliphatic heterocycles. The first-order valence-corrected chi connectivity index (χ1v) is 8.03. The molecule has 1 unspecified atom stereocenters. The molecule has 0 amide bonds. The number of aliphatic hydroxyl groups excluding tert-OH is 1. The summed E-state index contributed by atoms with van der Waals surface area (Å²) >= 11 is 1.85. The normalized spacial score (nSPS) is 16.3. The summed E-state index contributed by atoms with van der Waals surface area (Å²) in [6.45, 7) is 3.73. The van der Waals surface area contributed by atoms with E-state index in [1.807, 2.05) is 17.4 Å². The molecule has 2 rings (SSSR count). The molecule has 1 atom stereocenters. The quantitative estimate of drug-likeness (QED) is 0.554. The molecule has 0 bridgehead atoms. The molecule has 0 fully saturated rings. The summed E-state index contributed by atoms with van der Waals surface area (Å²) in [6.07, 6.45) is 12.4. The third kappa shape index (κ3) is 3.69. The highest BCUT2D eigenvalue weighted by molar-refractivity contribution is 7.12. The minimum absolute atomic E-state index is 0.232.